The first-order valence-corrected chi connectivity index (χ1v) is 7.31. The van der Waals surface area contributed by atoms with Crippen LogP contribution in [0.1, 0.15) is 28.8 Å². The van der Waals surface area contributed by atoms with E-state index < -0.39 is 23.8 Å². The second-order valence-electron chi connectivity index (χ2n) is 5.20. The second-order valence-corrected chi connectivity index (χ2v) is 6.05. The predicted molar refractivity (Wildman–Crippen MR) is 73.5 cm³/mol. The number of piperidine rings is 1. The summed E-state index contributed by atoms with van der Waals surface area (Å²) < 4.78 is 52.3. The maximum absolute atomic E-state index is 13.7. The number of benzene rings is 1. The monoisotopic (exact) mass is 367 g/mol. The van der Waals surface area contributed by atoms with Crippen molar-refractivity contribution in [1.82, 2.24) is 4.90 Å². The molecule has 1 fully saturated rings. The van der Waals surface area contributed by atoms with E-state index in [0.29, 0.717) is 16.5 Å². The number of rotatable bonds is 1. The van der Waals surface area contributed by atoms with Crippen molar-refractivity contribution < 1.29 is 22.4 Å². The maximum atomic E-state index is 13.7. The quantitative estimate of drug-likeness (QED) is 0.677. The van der Waals surface area contributed by atoms with E-state index >= 15 is 0 Å². The van der Waals surface area contributed by atoms with Gasteiger partial charge in [-0.15, -0.1) is 0 Å². The fourth-order valence-electron chi connectivity index (χ4n) is 2.38. The van der Waals surface area contributed by atoms with Crippen molar-refractivity contribution in [2.45, 2.75) is 25.9 Å². The average molecular weight is 368 g/mol. The molecule has 0 spiro atoms. The van der Waals surface area contributed by atoms with Crippen LogP contribution in [0.2, 0.25) is 0 Å². The third-order valence-electron chi connectivity index (χ3n) is 3.70. The number of hydrogen-bond donors (Lipinski definition) is 0. The summed E-state index contributed by atoms with van der Waals surface area (Å²) in [6, 6.07) is 2.51. The van der Waals surface area contributed by atoms with Crippen molar-refractivity contribution in [3.63, 3.8) is 0 Å². The smallest absolute Gasteiger partial charge is 0.338 e. The average Bonchev–Trinajstić information content (AvgIpc) is 2.42. The predicted octanol–water partition coefficient (Wildman–Crippen LogP) is 4.31. The molecule has 0 N–H and O–H groups in total. The highest BCUT2D eigenvalue weighted by Crippen LogP contribution is 2.33. The van der Waals surface area contributed by atoms with Crippen LogP contribution < -0.4 is 0 Å². The minimum atomic E-state index is -4.31. The molecule has 0 bridgehead atoms. The van der Waals surface area contributed by atoms with Crippen LogP contribution in [0.15, 0.2) is 16.6 Å². The van der Waals surface area contributed by atoms with Crippen LogP contribution in [0.3, 0.4) is 0 Å². The van der Waals surface area contributed by atoms with Crippen molar-refractivity contribution in [3.8, 4) is 0 Å². The Morgan fingerprint density at radius 2 is 2.05 bits per heavy atom. The molecule has 1 heterocycles. The summed E-state index contributed by atoms with van der Waals surface area (Å²) in [7, 11) is 0. The Balaban J connectivity index is 2.20. The Bertz CT molecular complexity index is 535. The van der Waals surface area contributed by atoms with E-state index in [2.05, 4.69) is 15.9 Å². The lowest BCUT2D eigenvalue weighted by molar-refractivity contribution is -0.184. The summed E-state index contributed by atoms with van der Waals surface area (Å²) >= 11 is 3.14. The minimum absolute atomic E-state index is 0.0270. The molecule has 0 radical (unpaired) electrons. The van der Waals surface area contributed by atoms with Crippen LogP contribution in [-0.2, 0) is 0 Å². The molecule has 0 aliphatic carbocycles. The molecule has 0 saturated carbocycles. The summed E-state index contributed by atoms with van der Waals surface area (Å²) in [5.74, 6) is -2.63. The lowest BCUT2D eigenvalue weighted by Gasteiger charge is -2.33. The van der Waals surface area contributed by atoms with E-state index in [0.717, 1.165) is 11.0 Å². The first-order valence-electron chi connectivity index (χ1n) is 6.51. The molecule has 1 aromatic carbocycles. The summed E-state index contributed by atoms with van der Waals surface area (Å²) in [6.45, 7) is 1.45. The molecule has 1 aliphatic heterocycles. The summed E-state index contributed by atoms with van der Waals surface area (Å²) in [5.41, 5.74) is 0.422. The molecule has 21 heavy (non-hydrogen) atoms. The molecule has 1 atom stereocenters. The van der Waals surface area contributed by atoms with Gasteiger partial charge in [0.25, 0.3) is 5.91 Å². The highest BCUT2D eigenvalue weighted by Gasteiger charge is 2.42. The summed E-state index contributed by atoms with van der Waals surface area (Å²) in [4.78, 5) is 13.4. The van der Waals surface area contributed by atoms with Crippen LogP contribution in [-0.4, -0.2) is 30.1 Å². The lowest BCUT2D eigenvalue weighted by atomic mass is 9.97. The van der Waals surface area contributed by atoms with E-state index in [4.69, 9.17) is 0 Å². The highest BCUT2D eigenvalue weighted by atomic mass is 79.9. The largest absolute Gasteiger partial charge is 0.393 e. The molecule has 1 saturated heterocycles. The van der Waals surface area contributed by atoms with Crippen LogP contribution in [0.5, 0.6) is 0 Å². The zero-order valence-corrected chi connectivity index (χ0v) is 12.9. The topological polar surface area (TPSA) is 20.3 Å². The van der Waals surface area contributed by atoms with Crippen molar-refractivity contribution in [2.75, 3.05) is 13.1 Å². The van der Waals surface area contributed by atoms with Gasteiger partial charge >= 0.3 is 6.18 Å². The molecule has 1 aromatic rings. The number of likely N-dealkylation sites (tertiary alicyclic amines) is 1. The van der Waals surface area contributed by atoms with Crippen LogP contribution >= 0.6 is 15.9 Å². The van der Waals surface area contributed by atoms with Gasteiger partial charge < -0.3 is 4.90 Å². The second kappa shape index (κ2) is 5.94. The highest BCUT2D eigenvalue weighted by molar-refractivity contribution is 9.10. The number of alkyl halides is 3. The Morgan fingerprint density at radius 3 is 2.62 bits per heavy atom. The van der Waals surface area contributed by atoms with Crippen LogP contribution in [0.4, 0.5) is 17.6 Å². The van der Waals surface area contributed by atoms with E-state index in [1.54, 1.807) is 6.92 Å². The van der Waals surface area contributed by atoms with Gasteiger partial charge in [0.15, 0.2) is 0 Å². The molecule has 1 unspecified atom stereocenters. The van der Waals surface area contributed by atoms with E-state index in [-0.39, 0.29) is 25.1 Å². The number of halogens is 5. The van der Waals surface area contributed by atoms with Gasteiger partial charge in [-0.2, -0.15) is 13.2 Å². The zero-order chi connectivity index (χ0) is 15.8. The van der Waals surface area contributed by atoms with Crippen molar-refractivity contribution >= 4 is 21.8 Å². The molecular formula is C14H14BrF4NO. The zero-order valence-electron chi connectivity index (χ0n) is 11.3. The van der Waals surface area contributed by atoms with Gasteiger partial charge in [-0.25, -0.2) is 4.39 Å². The molecule has 2 rings (SSSR count). The van der Waals surface area contributed by atoms with Gasteiger partial charge in [0, 0.05) is 23.1 Å². The van der Waals surface area contributed by atoms with Gasteiger partial charge in [0.05, 0.1) is 5.92 Å². The van der Waals surface area contributed by atoms with Crippen molar-refractivity contribution in [2.24, 2.45) is 5.92 Å². The Hall–Kier alpha value is -1.11. The van der Waals surface area contributed by atoms with Gasteiger partial charge in [0.2, 0.25) is 0 Å². The molecule has 1 aliphatic rings. The molecule has 0 aromatic heterocycles. The normalized spacial score (nSPS) is 19.7. The number of carbonyl (C=O) groups excluding carboxylic acids is 1. The fraction of sp³-hybridized carbons (Fsp3) is 0.500. The molecular weight excluding hydrogens is 354 g/mol. The molecule has 1 amide bonds. The number of nitrogens with zero attached hydrogens (tertiary/aromatic N) is 1. The lowest BCUT2D eigenvalue weighted by Crippen LogP contribution is -2.44. The third-order valence-corrected chi connectivity index (χ3v) is 4.52. The number of hydrogen-bond acceptors (Lipinski definition) is 1. The van der Waals surface area contributed by atoms with Gasteiger partial charge in [-0.1, -0.05) is 15.9 Å². The third kappa shape index (κ3) is 3.56. The SMILES string of the molecule is Cc1c(F)cc(C(=O)N2CCCC(C(F)(F)F)C2)cc1Br. The standard InChI is InChI=1S/C14H14BrF4NO/c1-8-11(15)5-9(6-12(8)16)13(21)20-4-2-3-10(7-20)14(17,18)19/h5-6,10H,2-4,7H2,1H3. The number of amides is 1. The Kier molecular flexibility index (Phi) is 4.60. The summed E-state index contributed by atoms with van der Waals surface area (Å²) in [5, 5.41) is 0. The van der Waals surface area contributed by atoms with Crippen molar-refractivity contribution in [3.05, 3.63) is 33.5 Å². The van der Waals surface area contributed by atoms with Crippen molar-refractivity contribution in [1.29, 1.82) is 0 Å². The van der Waals surface area contributed by atoms with E-state index in [9.17, 15) is 22.4 Å². The first-order chi connectivity index (χ1) is 9.70. The Labute approximate surface area is 128 Å². The fourth-order valence-corrected chi connectivity index (χ4v) is 2.82. The molecule has 116 valence electrons. The molecule has 7 heteroatoms. The molecule has 2 nitrogen and oxygen atoms in total. The van der Waals surface area contributed by atoms with Gasteiger partial charge in [-0.3, -0.25) is 4.79 Å². The number of carbonyl (C=O) groups is 1. The maximum Gasteiger partial charge on any atom is 0.393 e. The van der Waals surface area contributed by atoms with Crippen LogP contribution in [0.25, 0.3) is 0 Å². The minimum Gasteiger partial charge on any atom is -0.338 e. The van der Waals surface area contributed by atoms with E-state index in [1.165, 1.54) is 6.07 Å². The Morgan fingerprint density at radius 1 is 1.38 bits per heavy atom. The van der Waals surface area contributed by atoms with Gasteiger partial charge in [0.1, 0.15) is 5.82 Å². The van der Waals surface area contributed by atoms with Gasteiger partial charge in [-0.05, 0) is 37.5 Å². The van der Waals surface area contributed by atoms with Crippen LogP contribution in [0, 0.1) is 18.7 Å². The summed E-state index contributed by atoms with van der Waals surface area (Å²) in [6.07, 6.45) is -3.98. The first kappa shape index (κ1) is 16.3. The van der Waals surface area contributed by atoms with E-state index in [1.807, 2.05) is 0 Å².